The van der Waals surface area contributed by atoms with E-state index in [0.29, 0.717) is 16.7 Å². The summed E-state index contributed by atoms with van der Waals surface area (Å²) in [5.41, 5.74) is 6.58. The van der Waals surface area contributed by atoms with Crippen molar-refractivity contribution >= 4 is 0 Å². The Morgan fingerprint density at radius 2 is 2.21 bits per heavy atom. The van der Waals surface area contributed by atoms with Crippen LogP contribution in [0.5, 0.6) is 0 Å². The van der Waals surface area contributed by atoms with Crippen molar-refractivity contribution < 1.29 is 13.9 Å². The summed E-state index contributed by atoms with van der Waals surface area (Å²) in [6.07, 6.45) is -1.36. The van der Waals surface area contributed by atoms with Crippen LogP contribution in [0.1, 0.15) is 28.8 Å². The topological polar surface area (TPSA) is 59.1 Å². The molecule has 5 heteroatoms. The maximum Gasteiger partial charge on any atom is 0.280 e. The average molecular weight is 202 g/mol. The molecule has 1 heterocycles. The van der Waals surface area contributed by atoms with Gasteiger partial charge < -0.3 is 10.8 Å². The molecule has 0 bridgehead atoms. The highest BCUT2D eigenvalue weighted by atomic mass is 19.3. The van der Waals surface area contributed by atoms with Crippen molar-refractivity contribution in [3.05, 3.63) is 28.6 Å². The normalized spacial score (nSPS) is 11.0. The summed E-state index contributed by atoms with van der Waals surface area (Å²) in [6.45, 7) is 1.43. The third-order valence-corrected chi connectivity index (χ3v) is 2.17. The maximum absolute atomic E-state index is 12.4. The minimum atomic E-state index is -2.60. The van der Waals surface area contributed by atoms with Crippen LogP contribution in [0.2, 0.25) is 0 Å². The lowest BCUT2D eigenvalue weighted by atomic mass is 10.0. The number of aliphatic hydroxyl groups is 1. The summed E-state index contributed by atoms with van der Waals surface area (Å²) in [5, 5.41) is 8.92. The van der Waals surface area contributed by atoms with Crippen molar-refractivity contribution in [2.45, 2.75) is 26.5 Å². The average Bonchev–Trinajstić information content (AvgIpc) is 2.16. The fourth-order valence-electron chi connectivity index (χ4n) is 1.36. The molecular formula is C9H12F2N2O. The quantitative estimate of drug-likeness (QED) is 0.776. The standard InChI is InChI=1S/C9H12F2N2O/c1-5-7(2-12)6(4-14)3-13-8(5)9(10)11/h3,9,14H,2,4,12H2,1H3. The zero-order valence-corrected chi connectivity index (χ0v) is 7.80. The Morgan fingerprint density at radius 3 is 2.64 bits per heavy atom. The summed E-state index contributed by atoms with van der Waals surface area (Å²) in [7, 11) is 0. The fraction of sp³-hybridized carbons (Fsp3) is 0.444. The predicted molar refractivity (Wildman–Crippen MR) is 47.7 cm³/mol. The Morgan fingerprint density at radius 1 is 1.57 bits per heavy atom. The molecule has 0 aromatic carbocycles. The van der Waals surface area contributed by atoms with E-state index < -0.39 is 6.43 Å². The van der Waals surface area contributed by atoms with Gasteiger partial charge in [0.2, 0.25) is 0 Å². The molecule has 0 aliphatic heterocycles. The first-order chi connectivity index (χ1) is 6.61. The number of rotatable bonds is 3. The van der Waals surface area contributed by atoms with Gasteiger partial charge in [-0.1, -0.05) is 0 Å². The number of nitrogens with two attached hydrogens (primary N) is 1. The molecule has 0 fully saturated rings. The molecule has 3 N–H and O–H groups in total. The van der Waals surface area contributed by atoms with Crippen LogP contribution in [0.4, 0.5) is 8.78 Å². The van der Waals surface area contributed by atoms with Gasteiger partial charge >= 0.3 is 0 Å². The number of nitrogens with zero attached hydrogens (tertiary/aromatic N) is 1. The molecule has 0 aliphatic carbocycles. The van der Waals surface area contributed by atoms with Crippen LogP contribution in [0.25, 0.3) is 0 Å². The Hall–Kier alpha value is -1.07. The van der Waals surface area contributed by atoms with Crippen molar-refractivity contribution in [1.29, 1.82) is 0 Å². The van der Waals surface area contributed by atoms with Gasteiger partial charge in [0.15, 0.2) is 0 Å². The molecule has 1 aromatic heterocycles. The van der Waals surface area contributed by atoms with Crippen LogP contribution in [-0.4, -0.2) is 10.1 Å². The third-order valence-electron chi connectivity index (χ3n) is 2.17. The van der Waals surface area contributed by atoms with Gasteiger partial charge in [0, 0.05) is 18.3 Å². The lowest BCUT2D eigenvalue weighted by Gasteiger charge is -2.12. The Labute approximate surface area is 80.6 Å². The highest BCUT2D eigenvalue weighted by Crippen LogP contribution is 2.24. The molecule has 0 atom stereocenters. The molecule has 3 nitrogen and oxygen atoms in total. The van der Waals surface area contributed by atoms with Crippen molar-refractivity contribution in [2.24, 2.45) is 5.73 Å². The van der Waals surface area contributed by atoms with E-state index in [1.54, 1.807) is 0 Å². The number of alkyl halides is 2. The highest BCUT2D eigenvalue weighted by Gasteiger charge is 2.16. The minimum Gasteiger partial charge on any atom is -0.392 e. The summed E-state index contributed by atoms with van der Waals surface area (Å²) in [4.78, 5) is 3.59. The first-order valence-electron chi connectivity index (χ1n) is 4.18. The summed E-state index contributed by atoms with van der Waals surface area (Å²) >= 11 is 0. The molecule has 0 spiro atoms. The SMILES string of the molecule is Cc1c(C(F)F)ncc(CO)c1CN. The lowest BCUT2D eigenvalue weighted by Crippen LogP contribution is -2.08. The summed E-state index contributed by atoms with van der Waals surface area (Å²) in [5.74, 6) is 0. The van der Waals surface area contributed by atoms with Gasteiger partial charge in [0.25, 0.3) is 6.43 Å². The van der Waals surface area contributed by atoms with Gasteiger partial charge in [-0.15, -0.1) is 0 Å². The third kappa shape index (κ3) is 1.88. The first-order valence-corrected chi connectivity index (χ1v) is 4.18. The van der Waals surface area contributed by atoms with E-state index in [1.807, 2.05) is 0 Å². The molecule has 0 unspecified atom stereocenters. The second kappa shape index (κ2) is 4.43. The first kappa shape index (κ1) is 11.0. The van der Waals surface area contributed by atoms with Crippen molar-refractivity contribution in [2.75, 3.05) is 0 Å². The van der Waals surface area contributed by atoms with E-state index in [9.17, 15) is 8.78 Å². The molecule has 0 saturated carbocycles. The van der Waals surface area contributed by atoms with Gasteiger partial charge in [-0.2, -0.15) is 0 Å². The smallest absolute Gasteiger partial charge is 0.280 e. The van der Waals surface area contributed by atoms with Crippen LogP contribution >= 0.6 is 0 Å². The van der Waals surface area contributed by atoms with Crippen LogP contribution in [-0.2, 0) is 13.2 Å². The number of hydrogen-bond donors (Lipinski definition) is 2. The zero-order chi connectivity index (χ0) is 10.7. The predicted octanol–water partition coefficient (Wildman–Crippen LogP) is 1.28. The number of aromatic nitrogens is 1. The molecule has 0 amide bonds. The van der Waals surface area contributed by atoms with Crippen LogP contribution in [0.3, 0.4) is 0 Å². The molecule has 78 valence electrons. The summed E-state index contributed by atoms with van der Waals surface area (Å²) < 4.78 is 24.8. The number of pyridine rings is 1. The maximum atomic E-state index is 12.4. The fourth-order valence-corrected chi connectivity index (χ4v) is 1.36. The van der Waals surface area contributed by atoms with Gasteiger partial charge in [0.1, 0.15) is 5.69 Å². The minimum absolute atomic E-state index is 0.129. The van der Waals surface area contributed by atoms with Gasteiger partial charge in [-0.05, 0) is 18.1 Å². The van der Waals surface area contributed by atoms with Crippen molar-refractivity contribution in [3.8, 4) is 0 Å². The van der Waals surface area contributed by atoms with E-state index in [2.05, 4.69) is 4.98 Å². The Kier molecular flexibility index (Phi) is 3.49. The second-order valence-corrected chi connectivity index (χ2v) is 2.94. The second-order valence-electron chi connectivity index (χ2n) is 2.94. The van der Waals surface area contributed by atoms with Gasteiger partial charge in [-0.25, -0.2) is 8.78 Å². The number of halogens is 2. The molecule has 0 aliphatic rings. The molecule has 1 aromatic rings. The molecule has 0 radical (unpaired) electrons. The molecule has 1 rings (SSSR count). The summed E-state index contributed by atoms with van der Waals surface area (Å²) in [6, 6.07) is 0. The zero-order valence-electron chi connectivity index (χ0n) is 7.80. The number of hydrogen-bond acceptors (Lipinski definition) is 3. The van der Waals surface area contributed by atoms with Gasteiger partial charge in [-0.3, -0.25) is 4.98 Å². The molecule has 14 heavy (non-hydrogen) atoms. The van der Waals surface area contributed by atoms with Crippen LogP contribution in [0.15, 0.2) is 6.20 Å². The van der Waals surface area contributed by atoms with Crippen molar-refractivity contribution in [1.82, 2.24) is 4.98 Å². The monoisotopic (exact) mass is 202 g/mol. The van der Waals surface area contributed by atoms with Crippen molar-refractivity contribution in [3.63, 3.8) is 0 Å². The van der Waals surface area contributed by atoms with E-state index in [1.165, 1.54) is 13.1 Å². The van der Waals surface area contributed by atoms with E-state index in [4.69, 9.17) is 10.8 Å². The Balaban J connectivity index is 3.27. The van der Waals surface area contributed by atoms with E-state index >= 15 is 0 Å². The molecule has 0 saturated heterocycles. The van der Waals surface area contributed by atoms with Crippen LogP contribution in [0, 0.1) is 6.92 Å². The number of aliphatic hydroxyl groups excluding tert-OH is 1. The van der Waals surface area contributed by atoms with Crippen LogP contribution < -0.4 is 5.73 Å². The van der Waals surface area contributed by atoms with E-state index in [0.717, 1.165) is 0 Å². The largest absolute Gasteiger partial charge is 0.392 e. The molecular weight excluding hydrogens is 190 g/mol. The highest BCUT2D eigenvalue weighted by molar-refractivity contribution is 5.35. The van der Waals surface area contributed by atoms with E-state index in [-0.39, 0.29) is 18.8 Å². The Bertz CT molecular complexity index is 329. The lowest BCUT2D eigenvalue weighted by molar-refractivity contribution is 0.145. The van der Waals surface area contributed by atoms with Gasteiger partial charge in [0.05, 0.1) is 6.61 Å².